The Bertz CT molecular complexity index is 404. The number of carboxylic acids is 1. The van der Waals surface area contributed by atoms with Gasteiger partial charge in [-0.15, -0.1) is 0 Å². The van der Waals surface area contributed by atoms with Crippen LogP contribution in [0.1, 0.15) is 55.8 Å². The lowest BCUT2D eigenvalue weighted by molar-refractivity contribution is -0.255. The fourth-order valence-corrected chi connectivity index (χ4v) is 2.31. The van der Waals surface area contributed by atoms with E-state index in [1.165, 1.54) is 31.7 Å². The van der Waals surface area contributed by atoms with Gasteiger partial charge in [-0.25, -0.2) is 0 Å². The summed E-state index contributed by atoms with van der Waals surface area (Å²) >= 11 is 2.14. The molecule has 0 radical (unpaired) electrons. The first-order valence-electron chi connectivity index (χ1n) is 6.79. The summed E-state index contributed by atoms with van der Waals surface area (Å²) in [6.07, 6.45) is 7.10. The van der Waals surface area contributed by atoms with Gasteiger partial charge in [0.05, 0.1) is 12.6 Å². The van der Waals surface area contributed by atoms with Crippen molar-refractivity contribution >= 4 is 28.6 Å². The Morgan fingerprint density at radius 2 is 1.89 bits per heavy atom. The van der Waals surface area contributed by atoms with Gasteiger partial charge in [-0.05, 0) is 47.2 Å². The highest BCUT2D eigenvalue weighted by molar-refractivity contribution is 14.1. The number of rotatable bonds is 9. The van der Waals surface area contributed by atoms with Crippen LogP contribution in [-0.2, 0) is 0 Å². The van der Waals surface area contributed by atoms with Gasteiger partial charge in [-0.1, -0.05) is 39.0 Å². The summed E-state index contributed by atoms with van der Waals surface area (Å²) in [7, 11) is 0. The summed E-state index contributed by atoms with van der Waals surface area (Å²) in [6.45, 7) is 2.76. The minimum absolute atomic E-state index is 0.131. The van der Waals surface area contributed by atoms with Crippen molar-refractivity contribution in [2.24, 2.45) is 0 Å². The fourth-order valence-electron chi connectivity index (χ4n) is 1.85. The molecule has 4 heteroatoms. The molecule has 0 N–H and O–H groups in total. The molecule has 19 heavy (non-hydrogen) atoms. The number of hydrogen-bond acceptors (Lipinski definition) is 3. The summed E-state index contributed by atoms with van der Waals surface area (Å²) in [5, 5.41) is 10.9. The van der Waals surface area contributed by atoms with Gasteiger partial charge >= 0.3 is 0 Å². The Morgan fingerprint density at radius 3 is 2.58 bits per heavy atom. The van der Waals surface area contributed by atoms with Gasteiger partial charge in [-0.2, -0.15) is 0 Å². The zero-order chi connectivity index (χ0) is 14.1. The molecule has 0 heterocycles. The average Bonchev–Trinajstić information content (AvgIpc) is 2.37. The highest BCUT2D eigenvalue weighted by atomic mass is 127. The van der Waals surface area contributed by atoms with E-state index < -0.39 is 5.97 Å². The van der Waals surface area contributed by atoms with E-state index in [4.69, 9.17) is 4.74 Å². The molecule has 0 atom stereocenters. The number of halogens is 1. The number of aromatic carboxylic acids is 1. The number of benzene rings is 1. The van der Waals surface area contributed by atoms with Crippen molar-refractivity contribution in [3.8, 4) is 5.75 Å². The van der Waals surface area contributed by atoms with Crippen LogP contribution in [0.25, 0.3) is 0 Å². The van der Waals surface area contributed by atoms with Gasteiger partial charge in [0.25, 0.3) is 0 Å². The van der Waals surface area contributed by atoms with E-state index in [9.17, 15) is 9.90 Å². The van der Waals surface area contributed by atoms with Crippen molar-refractivity contribution < 1.29 is 14.6 Å². The predicted molar refractivity (Wildman–Crippen MR) is 82.4 cm³/mol. The normalized spacial score (nSPS) is 10.4. The quantitative estimate of drug-likeness (QED) is 0.491. The van der Waals surface area contributed by atoms with Crippen molar-refractivity contribution in [1.82, 2.24) is 0 Å². The van der Waals surface area contributed by atoms with E-state index in [0.29, 0.717) is 12.4 Å². The summed E-state index contributed by atoms with van der Waals surface area (Å²) in [5.41, 5.74) is 0.131. The lowest BCUT2D eigenvalue weighted by Crippen LogP contribution is -2.23. The Balaban J connectivity index is 2.36. The van der Waals surface area contributed by atoms with Crippen LogP contribution in [0.3, 0.4) is 0 Å². The third-order valence-electron chi connectivity index (χ3n) is 2.92. The van der Waals surface area contributed by atoms with E-state index >= 15 is 0 Å². The molecule has 0 aromatic heterocycles. The first-order valence-corrected chi connectivity index (χ1v) is 7.86. The SMILES string of the molecule is CCCCCCCCOc1cc(I)ccc1C(=O)[O-]. The van der Waals surface area contributed by atoms with Gasteiger partial charge < -0.3 is 14.6 Å². The topological polar surface area (TPSA) is 49.4 Å². The molecule has 0 amide bonds. The Kier molecular flexibility index (Phi) is 7.86. The van der Waals surface area contributed by atoms with Crippen molar-refractivity contribution in [3.05, 3.63) is 27.3 Å². The second kappa shape index (κ2) is 9.18. The maximum absolute atomic E-state index is 10.9. The molecule has 0 aliphatic carbocycles. The number of hydrogen-bond donors (Lipinski definition) is 0. The van der Waals surface area contributed by atoms with Crippen molar-refractivity contribution in [3.63, 3.8) is 0 Å². The van der Waals surface area contributed by atoms with Crippen molar-refractivity contribution in [2.75, 3.05) is 6.61 Å². The molecule has 0 saturated heterocycles. The molecule has 0 aliphatic rings. The number of carbonyl (C=O) groups is 1. The predicted octanol–water partition coefficient (Wildman–Crippen LogP) is 3.39. The summed E-state index contributed by atoms with van der Waals surface area (Å²) in [5.74, 6) is -0.769. The number of carboxylic acid groups (broad SMARTS) is 1. The second-order valence-electron chi connectivity index (χ2n) is 4.54. The standard InChI is InChI=1S/C15H21IO3/c1-2-3-4-5-6-7-10-19-14-11-12(16)8-9-13(14)15(17)18/h8-9,11H,2-7,10H2,1H3,(H,17,18)/p-1. The lowest BCUT2D eigenvalue weighted by Gasteiger charge is -2.12. The zero-order valence-corrected chi connectivity index (χ0v) is 13.4. The van der Waals surface area contributed by atoms with E-state index in [-0.39, 0.29) is 5.56 Å². The maximum atomic E-state index is 10.9. The monoisotopic (exact) mass is 375 g/mol. The first-order chi connectivity index (χ1) is 9.15. The Hall–Kier alpha value is -0.780. The van der Waals surface area contributed by atoms with Gasteiger partial charge in [-0.3, -0.25) is 0 Å². The molecular formula is C15H20IO3-. The summed E-state index contributed by atoms with van der Waals surface area (Å²) in [4.78, 5) is 10.9. The minimum atomic E-state index is -1.19. The Morgan fingerprint density at radius 1 is 1.21 bits per heavy atom. The molecule has 0 spiro atoms. The average molecular weight is 375 g/mol. The third kappa shape index (κ3) is 6.27. The second-order valence-corrected chi connectivity index (χ2v) is 5.79. The Labute approximate surface area is 128 Å². The highest BCUT2D eigenvalue weighted by Crippen LogP contribution is 2.21. The molecule has 0 aliphatic heterocycles. The number of unbranched alkanes of at least 4 members (excludes halogenated alkanes) is 5. The number of carbonyl (C=O) groups excluding carboxylic acids is 1. The van der Waals surface area contributed by atoms with Crippen LogP contribution in [0.15, 0.2) is 18.2 Å². The number of ether oxygens (including phenoxy) is 1. The van der Waals surface area contributed by atoms with Crippen LogP contribution in [0.4, 0.5) is 0 Å². The van der Waals surface area contributed by atoms with Crippen molar-refractivity contribution in [2.45, 2.75) is 45.4 Å². The van der Waals surface area contributed by atoms with E-state index in [1.807, 2.05) is 0 Å². The molecule has 0 unspecified atom stereocenters. The molecule has 106 valence electrons. The summed E-state index contributed by atoms with van der Waals surface area (Å²) < 4.78 is 6.52. The van der Waals surface area contributed by atoms with Crippen LogP contribution in [0, 0.1) is 3.57 Å². The zero-order valence-electron chi connectivity index (χ0n) is 11.3. The molecule has 0 saturated carbocycles. The first kappa shape index (κ1) is 16.3. The van der Waals surface area contributed by atoms with Crippen LogP contribution in [0.5, 0.6) is 5.75 Å². The lowest BCUT2D eigenvalue weighted by atomic mass is 10.1. The van der Waals surface area contributed by atoms with Crippen LogP contribution in [0.2, 0.25) is 0 Å². The fraction of sp³-hybridized carbons (Fsp3) is 0.533. The molecule has 1 rings (SSSR count). The molecular weight excluding hydrogens is 355 g/mol. The molecule has 0 bridgehead atoms. The smallest absolute Gasteiger partial charge is 0.129 e. The summed E-state index contributed by atoms with van der Waals surface area (Å²) in [6, 6.07) is 5.01. The highest BCUT2D eigenvalue weighted by Gasteiger charge is 2.05. The minimum Gasteiger partial charge on any atom is -0.545 e. The maximum Gasteiger partial charge on any atom is 0.129 e. The van der Waals surface area contributed by atoms with Crippen LogP contribution < -0.4 is 9.84 Å². The van der Waals surface area contributed by atoms with Gasteiger partial charge in [0.2, 0.25) is 0 Å². The molecule has 3 nitrogen and oxygen atoms in total. The van der Waals surface area contributed by atoms with E-state index in [0.717, 1.165) is 16.4 Å². The molecule has 0 fully saturated rings. The largest absolute Gasteiger partial charge is 0.545 e. The van der Waals surface area contributed by atoms with Crippen LogP contribution in [-0.4, -0.2) is 12.6 Å². The van der Waals surface area contributed by atoms with E-state index in [1.54, 1.807) is 12.1 Å². The van der Waals surface area contributed by atoms with Gasteiger partial charge in [0.15, 0.2) is 0 Å². The van der Waals surface area contributed by atoms with Crippen molar-refractivity contribution in [1.29, 1.82) is 0 Å². The van der Waals surface area contributed by atoms with E-state index in [2.05, 4.69) is 29.5 Å². The van der Waals surface area contributed by atoms with Gasteiger partial charge in [0, 0.05) is 9.13 Å². The molecule has 1 aromatic rings. The van der Waals surface area contributed by atoms with Gasteiger partial charge in [0.1, 0.15) is 5.75 Å². The van der Waals surface area contributed by atoms with Crippen LogP contribution >= 0.6 is 22.6 Å². The third-order valence-corrected chi connectivity index (χ3v) is 3.59. The molecule has 1 aromatic carbocycles.